The van der Waals surface area contributed by atoms with Crippen LogP contribution in [-0.4, -0.2) is 30.0 Å². The molecular weight excluding hydrogens is 282 g/mol. The normalized spacial score (nSPS) is 18.9. The summed E-state index contributed by atoms with van der Waals surface area (Å²) in [7, 11) is -0.644. The molecule has 1 atom stereocenters. The van der Waals surface area contributed by atoms with E-state index in [9.17, 15) is 18.2 Å². The Kier molecular flexibility index (Phi) is 4.58. The molecule has 8 heteroatoms. The van der Waals surface area contributed by atoms with Gasteiger partial charge in [0, 0.05) is 13.0 Å². The van der Waals surface area contributed by atoms with Crippen LogP contribution < -0.4 is 10.2 Å². The number of nitrogens with one attached hydrogen (secondary N) is 1. The number of anilines is 1. The zero-order chi connectivity index (χ0) is 15.6. The van der Waals surface area contributed by atoms with Crippen molar-refractivity contribution < 1.29 is 18.2 Å². The molecular formula is C13H17BF3N3O. The Hall–Kier alpha value is -1.54. The highest BCUT2D eigenvalue weighted by Crippen LogP contribution is 2.31. The first-order chi connectivity index (χ1) is 9.77. The van der Waals surface area contributed by atoms with Crippen molar-refractivity contribution in [2.75, 3.05) is 5.01 Å². The van der Waals surface area contributed by atoms with Gasteiger partial charge >= 0.3 is 13.2 Å². The maximum atomic E-state index is 12.7. The van der Waals surface area contributed by atoms with Gasteiger partial charge in [-0.05, 0) is 31.4 Å². The van der Waals surface area contributed by atoms with Gasteiger partial charge in [-0.1, -0.05) is 12.1 Å². The van der Waals surface area contributed by atoms with Crippen molar-refractivity contribution in [3.63, 3.8) is 0 Å². The standard InChI is InChI=1S/C13H17BF3N3O/c1-9-6-12(13(15,16)17)19-20(9)11-5-3-4-10(7-11)8-18-14(2)21/h3-5,7,9,18,21H,6,8H2,1-2H3. The van der Waals surface area contributed by atoms with Gasteiger partial charge in [0.1, 0.15) is 5.71 Å². The fourth-order valence-corrected chi connectivity index (χ4v) is 2.19. The van der Waals surface area contributed by atoms with Crippen LogP contribution in [0.1, 0.15) is 18.9 Å². The summed E-state index contributed by atoms with van der Waals surface area (Å²) in [5, 5.41) is 17.1. The summed E-state index contributed by atoms with van der Waals surface area (Å²) >= 11 is 0. The lowest BCUT2D eigenvalue weighted by Gasteiger charge is -2.20. The summed E-state index contributed by atoms with van der Waals surface area (Å²) in [5.74, 6) is 0. The number of halogens is 3. The van der Waals surface area contributed by atoms with Gasteiger partial charge in [0.2, 0.25) is 0 Å². The van der Waals surface area contributed by atoms with Crippen molar-refractivity contribution in [3.05, 3.63) is 29.8 Å². The minimum atomic E-state index is -4.38. The molecule has 1 aliphatic rings. The second-order valence-electron chi connectivity index (χ2n) is 5.17. The molecule has 2 rings (SSSR count). The SMILES string of the molecule is CB(O)NCc1cccc(N2N=C(C(F)(F)F)CC2C)c1. The van der Waals surface area contributed by atoms with Crippen molar-refractivity contribution in [1.29, 1.82) is 0 Å². The fourth-order valence-electron chi connectivity index (χ4n) is 2.19. The molecule has 0 aromatic heterocycles. The zero-order valence-corrected chi connectivity index (χ0v) is 11.9. The van der Waals surface area contributed by atoms with Gasteiger partial charge in [-0.25, -0.2) is 0 Å². The summed E-state index contributed by atoms with van der Waals surface area (Å²) in [5.41, 5.74) is 0.741. The van der Waals surface area contributed by atoms with Crippen LogP contribution in [-0.2, 0) is 6.54 Å². The fraction of sp³-hybridized carbons (Fsp3) is 0.462. The number of hydrogen-bond acceptors (Lipinski definition) is 4. The van der Waals surface area contributed by atoms with Crippen molar-refractivity contribution >= 4 is 18.4 Å². The lowest BCUT2D eigenvalue weighted by atomic mass is 9.88. The minimum Gasteiger partial charge on any atom is -0.437 e. The number of hydrazone groups is 1. The minimum absolute atomic E-state index is 0.111. The number of nitrogens with zero attached hydrogens (tertiary/aromatic N) is 2. The van der Waals surface area contributed by atoms with Crippen molar-refractivity contribution in [3.8, 4) is 0 Å². The summed E-state index contributed by atoms with van der Waals surface area (Å²) in [6.45, 7) is 3.75. The zero-order valence-electron chi connectivity index (χ0n) is 11.9. The molecule has 21 heavy (non-hydrogen) atoms. The number of benzene rings is 1. The van der Waals surface area contributed by atoms with Gasteiger partial charge in [0.05, 0.1) is 11.7 Å². The first-order valence-corrected chi connectivity index (χ1v) is 6.71. The highest BCUT2D eigenvalue weighted by molar-refractivity contribution is 6.45. The molecule has 0 bridgehead atoms. The van der Waals surface area contributed by atoms with E-state index >= 15 is 0 Å². The summed E-state index contributed by atoms with van der Waals surface area (Å²) in [6, 6.07) is 6.78. The number of alkyl halides is 3. The molecule has 0 saturated carbocycles. The molecule has 1 heterocycles. The van der Waals surface area contributed by atoms with Crippen LogP contribution in [0, 0.1) is 0 Å². The topological polar surface area (TPSA) is 47.9 Å². The van der Waals surface area contributed by atoms with Gasteiger partial charge in [-0.2, -0.15) is 18.3 Å². The number of rotatable bonds is 4. The molecule has 4 nitrogen and oxygen atoms in total. The van der Waals surface area contributed by atoms with Crippen LogP contribution in [0.25, 0.3) is 0 Å². The second kappa shape index (κ2) is 6.07. The van der Waals surface area contributed by atoms with E-state index in [4.69, 9.17) is 0 Å². The average Bonchev–Trinajstić information content (AvgIpc) is 2.79. The van der Waals surface area contributed by atoms with Crippen molar-refractivity contribution in [2.24, 2.45) is 5.10 Å². The predicted octanol–water partition coefficient (Wildman–Crippen LogP) is 2.40. The lowest BCUT2D eigenvalue weighted by Crippen LogP contribution is -2.29. The molecule has 0 radical (unpaired) electrons. The maximum Gasteiger partial charge on any atom is 0.431 e. The molecule has 114 valence electrons. The maximum absolute atomic E-state index is 12.7. The monoisotopic (exact) mass is 299 g/mol. The molecule has 2 N–H and O–H groups in total. The molecule has 0 saturated heterocycles. The first-order valence-electron chi connectivity index (χ1n) is 6.71. The van der Waals surface area contributed by atoms with Gasteiger partial charge < -0.3 is 10.3 Å². The summed E-state index contributed by atoms with van der Waals surface area (Å²) < 4.78 is 38.2. The molecule has 0 spiro atoms. The van der Waals surface area contributed by atoms with E-state index in [-0.39, 0.29) is 12.5 Å². The van der Waals surface area contributed by atoms with E-state index in [2.05, 4.69) is 10.3 Å². The van der Waals surface area contributed by atoms with E-state index < -0.39 is 18.9 Å². The predicted molar refractivity (Wildman–Crippen MR) is 77.2 cm³/mol. The molecule has 0 fully saturated rings. The largest absolute Gasteiger partial charge is 0.437 e. The van der Waals surface area contributed by atoms with Gasteiger partial charge in [0.25, 0.3) is 0 Å². The van der Waals surface area contributed by atoms with Crippen LogP contribution >= 0.6 is 0 Å². The molecule has 1 aliphatic heterocycles. The third-order valence-electron chi connectivity index (χ3n) is 3.24. The number of hydrogen-bond donors (Lipinski definition) is 2. The van der Waals surface area contributed by atoms with Crippen LogP contribution in [0.2, 0.25) is 6.82 Å². The van der Waals surface area contributed by atoms with E-state index in [1.165, 1.54) is 5.01 Å². The summed E-state index contributed by atoms with van der Waals surface area (Å²) in [4.78, 5) is 0. The summed E-state index contributed by atoms with van der Waals surface area (Å²) in [6.07, 6.45) is -4.49. The first kappa shape index (κ1) is 15.8. The van der Waals surface area contributed by atoms with E-state index in [0.717, 1.165) is 5.56 Å². The van der Waals surface area contributed by atoms with Crippen molar-refractivity contribution in [2.45, 2.75) is 38.9 Å². The van der Waals surface area contributed by atoms with Crippen molar-refractivity contribution in [1.82, 2.24) is 5.23 Å². The second-order valence-corrected chi connectivity index (χ2v) is 5.17. The highest BCUT2D eigenvalue weighted by atomic mass is 19.4. The van der Waals surface area contributed by atoms with Crippen LogP contribution in [0.4, 0.5) is 18.9 Å². The Labute approximate surface area is 121 Å². The quantitative estimate of drug-likeness (QED) is 0.839. The van der Waals surface area contributed by atoms with Crippen LogP contribution in [0.5, 0.6) is 0 Å². The van der Waals surface area contributed by atoms with E-state index in [1.54, 1.807) is 31.9 Å². The smallest absolute Gasteiger partial charge is 0.431 e. The Morgan fingerprint density at radius 2 is 2.19 bits per heavy atom. The molecule has 1 aromatic carbocycles. The van der Waals surface area contributed by atoms with Gasteiger partial charge in [-0.15, -0.1) is 0 Å². The van der Waals surface area contributed by atoms with Crippen LogP contribution in [0.3, 0.4) is 0 Å². The third-order valence-corrected chi connectivity index (χ3v) is 3.24. The van der Waals surface area contributed by atoms with E-state index in [1.807, 2.05) is 6.07 Å². The Morgan fingerprint density at radius 1 is 1.48 bits per heavy atom. The van der Waals surface area contributed by atoms with Crippen LogP contribution in [0.15, 0.2) is 29.4 Å². The Bertz CT molecular complexity index is 534. The Morgan fingerprint density at radius 3 is 2.76 bits per heavy atom. The molecule has 1 unspecified atom stereocenters. The molecule has 1 aromatic rings. The van der Waals surface area contributed by atoms with Gasteiger partial charge in [-0.3, -0.25) is 5.01 Å². The van der Waals surface area contributed by atoms with E-state index in [0.29, 0.717) is 12.2 Å². The third kappa shape index (κ3) is 3.98. The average molecular weight is 299 g/mol. The lowest BCUT2D eigenvalue weighted by molar-refractivity contribution is -0.0600. The highest BCUT2D eigenvalue weighted by Gasteiger charge is 2.41. The molecule has 0 amide bonds. The molecule has 0 aliphatic carbocycles. The van der Waals surface area contributed by atoms with Gasteiger partial charge in [0.15, 0.2) is 0 Å². The Balaban J connectivity index is 2.18.